The Morgan fingerprint density at radius 2 is 0.900 bits per heavy atom. The zero-order valence-electron chi connectivity index (χ0n) is 45.4. The normalized spacial score (nSPS) is 18.2. The largest absolute Gasteiger partial charge is 0.494 e. The first-order valence-electron chi connectivity index (χ1n) is 24.8. The Balaban J connectivity index is 0.000000239. The smallest absolute Gasteiger partial charge is 0.459 e. The summed E-state index contributed by atoms with van der Waals surface area (Å²) in [5.41, 5.74) is -0.897. The average Bonchev–Trinajstić information content (AvgIpc) is 3.60. The highest BCUT2D eigenvalue weighted by Crippen LogP contribution is 2.41. The zero-order chi connectivity index (χ0) is 60.1. The molecule has 3 aromatic carbocycles. The molecule has 442 valence electrons. The summed E-state index contributed by atoms with van der Waals surface area (Å²) in [5.74, 6) is -2.41. The van der Waals surface area contributed by atoms with Crippen LogP contribution in [0.4, 0.5) is 35.1 Å². The van der Waals surface area contributed by atoms with Crippen molar-refractivity contribution in [3.8, 4) is 22.6 Å². The SMILES string of the molecule is CC(C)(C)OC(=O)C1(S(=O)(=O)c2ccc(-c3ccc(OC(F)(F)C(F)F)cc3)cc2)CCOCC1.CC(C)(C)OC(=O)C1(S(=O)(=O)c2ccc(B3OC(C)(C)C(C)(C)O3)cc2)CCOCC1.FC(F)C(F)(F)Oc1ccc(Br)nc1. The summed E-state index contributed by atoms with van der Waals surface area (Å²) in [7, 11) is -8.77. The molecule has 27 heteroatoms. The molecule has 4 heterocycles. The van der Waals surface area contributed by atoms with Gasteiger partial charge in [-0.3, -0.25) is 9.59 Å². The van der Waals surface area contributed by atoms with Gasteiger partial charge in [0, 0.05) is 52.1 Å². The van der Waals surface area contributed by atoms with E-state index in [1.807, 2.05) is 27.7 Å². The van der Waals surface area contributed by atoms with Gasteiger partial charge in [-0.15, -0.1) is 0 Å². The van der Waals surface area contributed by atoms with Gasteiger partial charge in [-0.05, 0) is 150 Å². The first-order chi connectivity index (χ1) is 36.7. The number of pyridine rings is 1. The average molecular weight is 1240 g/mol. The molecule has 0 atom stereocenters. The van der Waals surface area contributed by atoms with E-state index in [-0.39, 0.29) is 61.9 Å². The van der Waals surface area contributed by atoms with Gasteiger partial charge in [-0.25, -0.2) is 21.8 Å². The monoisotopic (exact) mass is 1240 g/mol. The van der Waals surface area contributed by atoms with Crippen LogP contribution >= 0.6 is 15.9 Å². The van der Waals surface area contributed by atoms with E-state index >= 15 is 0 Å². The molecule has 0 unspecified atom stereocenters. The number of rotatable bonds is 14. The highest BCUT2D eigenvalue weighted by atomic mass is 79.9. The van der Waals surface area contributed by atoms with E-state index in [2.05, 4.69) is 30.4 Å². The van der Waals surface area contributed by atoms with Crippen molar-refractivity contribution in [3.05, 3.63) is 95.7 Å². The molecule has 3 saturated heterocycles. The van der Waals surface area contributed by atoms with Gasteiger partial charge in [0.2, 0.25) is 0 Å². The standard InChI is InChI=1S/C24H26F4O6S.C22H33BO7S.C7H4BrF4NO/c1-22(2,3)34-21(29)23(12-14-32-15-13-23)35(30,31)19-10-6-17(7-11-19)16-4-8-18(9-5-16)33-24(27,28)20(25)26;1-19(2,3)28-18(24)22(12-14-27-15-13-22)31(25,26)17-10-8-16(9-11-17)23-29-20(4,5)21(6,7)30-23;8-5-2-1-4(3-13-5)14-7(11,12)6(9)10/h4-11,20H,12-15H2,1-3H3;8-11H,12-15H2,1-7H3;1-3,6H. The summed E-state index contributed by atoms with van der Waals surface area (Å²) >= 11 is 2.95. The second kappa shape index (κ2) is 24.9. The summed E-state index contributed by atoms with van der Waals surface area (Å²) in [6.07, 6.45) is -16.0. The highest BCUT2D eigenvalue weighted by molar-refractivity contribution is 9.10. The Morgan fingerprint density at radius 3 is 1.24 bits per heavy atom. The summed E-state index contributed by atoms with van der Waals surface area (Å²) in [5, 5.41) is 0. The predicted octanol–water partition coefficient (Wildman–Crippen LogP) is 11.0. The summed E-state index contributed by atoms with van der Waals surface area (Å²) in [6, 6.07) is 19.4. The molecule has 3 fully saturated rings. The van der Waals surface area contributed by atoms with Crippen molar-refractivity contribution < 1.29 is 99.3 Å². The Labute approximate surface area is 468 Å². The molecule has 15 nitrogen and oxygen atoms in total. The van der Waals surface area contributed by atoms with Gasteiger partial charge in [0.15, 0.2) is 29.2 Å². The lowest BCUT2D eigenvalue weighted by Crippen LogP contribution is -2.53. The molecule has 80 heavy (non-hydrogen) atoms. The van der Waals surface area contributed by atoms with Crippen LogP contribution in [-0.2, 0) is 57.5 Å². The van der Waals surface area contributed by atoms with E-state index in [1.165, 1.54) is 54.6 Å². The van der Waals surface area contributed by atoms with Crippen molar-refractivity contribution in [3.63, 3.8) is 0 Å². The zero-order valence-corrected chi connectivity index (χ0v) is 48.6. The number of aromatic nitrogens is 1. The van der Waals surface area contributed by atoms with Crippen molar-refractivity contribution in [2.45, 2.75) is 162 Å². The summed E-state index contributed by atoms with van der Waals surface area (Å²) in [4.78, 5) is 29.7. The van der Waals surface area contributed by atoms with Crippen LogP contribution in [0.5, 0.6) is 11.5 Å². The number of hydrogen-bond acceptors (Lipinski definition) is 15. The van der Waals surface area contributed by atoms with E-state index < -0.39 is 107 Å². The van der Waals surface area contributed by atoms with E-state index in [9.17, 15) is 61.5 Å². The molecule has 0 bridgehead atoms. The minimum atomic E-state index is -4.62. The fraction of sp³-hybridized carbons (Fsp3) is 0.528. The molecule has 0 saturated carbocycles. The Morgan fingerprint density at radius 1 is 0.562 bits per heavy atom. The molecule has 0 N–H and O–H groups in total. The first kappa shape index (κ1) is 65.9. The number of alkyl halides is 8. The van der Waals surface area contributed by atoms with Crippen LogP contribution in [-0.4, -0.2) is 124 Å². The van der Waals surface area contributed by atoms with Crippen molar-refractivity contribution in [2.24, 2.45) is 0 Å². The summed E-state index contributed by atoms with van der Waals surface area (Å²) < 4.78 is 192. The molecule has 3 aliphatic heterocycles. The Kier molecular flexibility index (Phi) is 20.5. The van der Waals surface area contributed by atoms with Crippen LogP contribution < -0.4 is 14.9 Å². The minimum Gasteiger partial charge on any atom is -0.459 e. The van der Waals surface area contributed by atoms with Gasteiger partial charge in [-0.2, -0.15) is 35.1 Å². The van der Waals surface area contributed by atoms with Crippen molar-refractivity contribution in [2.75, 3.05) is 26.4 Å². The number of carbonyl (C=O) groups excluding carboxylic acids is 2. The number of sulfone groups is 2. The first-order valence-corrected chi connectivity index (χ1v) is 28.6. The third-order valence-corrected chi connectivity index (χ3v) is 18.4. The van der Waals surface area contributed by atoms with Gasteiger partial charge < -0.3 is 37.7 Å². The number of hydrogen-bond donors (Lipinski definition) is 0. The molecule has 0 radical (unpaired) electrons. The van der Waals surface area contributed by atoms with Crippen molar-refractivity contribution in [1.82, 2.24) is 4.98 Å². The maximum Gasteiger partial charge on any atom is 0.494 e. The van der Waals surface area contributed by atoms with Gasteiger partial charge in [-0.1, -0.05) is 36.4 Å². The van der Waals surface area contributed by atoms with Crippen LogP contribution in [0.25, 0.3) is 11.1 Å². The molecule has 3 aliphatic rings. The Hall–Kier alpha value is -4.93. The molecule has 1 aromatic heterocycles. The number of esters is 2. The fourth-order valence-corrected chi connectivity index (χ4v) is 12.0. The van der Waals surface area contributed by atoms with E-state index in [4.69, 9.17) is 28.3 Å². The van der Waals surface area contributed by atoms with Crippen molar-refractivity contribution in [1.29, 1.82) is 0 Å². The molecule has 0 aliphatic carbocycles. The molecule has 7 rings (SSSR count). The molecule has 0 spiro atoms. The molecule has 0 amide bonds. The molecular formula is C53H63BBrF8NO14S2. The lowest BCUT2D eigenvalue weighted by Gasteiger charge is -2.36. The number of halogens is 9. The van der Waals surface area contributed by atoms with E-state index in [1.54, 1.807) is 53.7 Å². The van der Waals surface area contributed by atoms with Gasteiger partial charge >= 0.3 is 44.1 Å². The summed E-state index contributed by atoms with van der Waals surface area (Å²) in [6.45, 7) is 18.5. The van der Waals surface area contributed by atoms with E-state index in [0.29, 0.717) is 15.7 Å². The lowest BCUT2D eigenvalue weighted by atomic mass is 9.79. The maximum atomic E-state index is 13.7. The van der Waals surface area contributed by atoms with Crippen molar-refractivity contribution >= 4 is 60.1 Å². The fourth-order valence-electron chi connectivity index (χ4n) is 7.91. The highest BCUT2D eigenvalue weighted by Gasteiger charge is 2.57. The van der Waals surface area contributed by atoms with Crippen LogP contribution in [0.1, 0.15) is 94.9 Å². The van der Waals surface area contributed by atoms with Gasteiger partial charge in [0.25, 0.3) is 0 Å². The van der Waals surface area contributed by atoms with Gasteiger partial charge in [0.1, 0.15) is 27.3 Å². The topological polar surface area (TPSA) is 189 Å². The lowest BCUT2D eigenvalue weighted by molar-refractivity contribution is -0.253. The predicted molar refractivity (Wildman–Crippen MR) is 281 cm³/mol. The van der Waals surface area contributed by atoms with Crippen LogP contribution in [0.2, 0.25) is 0 Å². The number of ether oxygens (including phenoxy) is 6. The van der Waals surface area contributed by atoms with Crippen LogP contribution in [0.3, 0.4) is 0 Å². The number of benzene rings is 3. The maximum absolute atomic E-state index is 13.7. The van der Waals surface area contributed by atoms with Crippen LogP contribution in [0, 0.1) is 0 Å². The third-order valence-electron chi connectivity index (χ3n) is 13.0. The number of nitrogens with zero attached hydrogens (tertiary/aromatic N) is 1. The second-order valence-electron chi connectivity index (χ2n) is 21.7. The Bertz CT molecular complexity index is 2950. The van der Waals surface area contributed by atoms with Crippen LogP contribution in [0.15, 0.2) is 106 Å². The third kappa shape index (κ3) is 15.6. The second-order valence-corrected chi connectivity index (χ2v) is 27.0. The molecular weight excluding hydrogens is 1180 g/mol. The minimum absolute atomic E-state index is 0.0449. The quantitative estimate of drug-likeness (QED) is 0.0501. The molecule has 4 aromatic rings. The van der Waals surface area contributed by atoms with E-state index in [0.717, 1.165) is 29.9 Å². The number of carbonyl (C=O) groups is 2. The van der Waals surface area contributed by atoms with Gasteiger partial charge in [0.05, 0.1) is 27.2 Å².